The second kappa shape index (κ2) is 2.88. The smallest absolute Gasteiger partial charge is 0.310 e. The van der Waals surface area contributed by atoms with Gasteiger partial charge in [0.15, 0.2) is 0 Å². The Labute approximate surface area is 72.1 Å². The molecular formula is C9H14O3. The third-order valence-electron chi connectivity index (χ3n) is 1.72. The summed E-state index contributed by atoms with van der Waals surface area (Å²) in [5, 5.41) is 0. The van der Waals surface area contributed by atoms with Gasteiger partial charge in [-0.15, -0.1) is 0 Å². The molecule has 68 valence electrons. The van der Waals surface area contributed by atoms with E-state index in [1.165, 1.54) is 0 Å². The summed E-state index contributed by atoms with van der Waals surface area (Å²) in [6.07, 6.45) is 1.49. The number of carbonyl (C=O) groups is 2. The van der Waals surface area contributed by atoms with Crippen molar-refractivity contribution < 1.29 is 14.3 Å². The molecule has 12 heavy (non-hydrogen) atoms. The Morgan fingerprint density at radius 1 is 1.50 bits per heavy atom. The molecule has 0 amide bonds. The van der Waals surface area contributed by atoms with Crippen LogP contribution in [0.3, 0.4) is 0 Å². The summed E-state index contributed by atoms with van der Waals surface area (Å²) in [6, 6.07) is 0. The zero-order valence-corrected chi connectivity index (χ0v) is 7.66. The van der Waals surface area contributed by atoms with Crippen molar-refractivity contribution in [3.63, 3.8) is 0 Å². The molecule has 3 nitrogen and oxygen atoms in total. The molecule has 0 saturated heterocycles. The minimum Gasteiger partial charge on any atom is -0.460 e. The lowest BCUT2D eigenvalue weighted by Gasteiger charge is -2.19. The van der Waals surface area contributed by atoms with Crippen molar-refractivity contribution in [3.05, 3.63) is 0 Å². The van der Waals surface area contributed by atoms with Crippen LogP contribution in [0.1, 0.15) is 27.2 Å². The highest BCUT2D eigenvalue weighted by Crippen LogP contribution is 2.38. The number of aldehydes is 1. The predicted octanol–water partition coefficient (Wildman–Crippen LogP) is 1.16. The molecule has 1 saturated carbocycles. The molecule has 0 N–H and O–H groups in total. The van der Waals surface area contributed by atoms with Crippen molar-refractivity contribution in [2.75, 3.05) is 0 Å². The summed E-state index contributed by atoms with van der Waals surface area (Å²) in [5.74, 6) is -0.485. The Morgan fingerprint density at radius 3 is 2.42 bits per heavy atom. The molecule has 1 fully saturated rings. The number of ether oxygens (including phenoxy) is 1. The molecule has 1 aliphatic carbocycles. The van der Waals surface area contributed by atoms with Gasteiger partial charge in [0.25, 0.3) is 0 Å². The highest BCUT2D eigenvalue weighted by molar-refractivity contribution is 5.81. The summed E-state index contributed by atoms with van der Waals surface area (Å²) in [5.41, 5.74) is -0.437. The van der Waals surface area contributed by atoms with E-state index >= 15 is 0 Å². The fourth-order valence-electron chi connectivity index (χ4n) is 1.01. The van der Waals surface area contributed by atoms with Gasteiger partial charge in [0.2, 0.25) is 0 Å². The molecule has 1 aliphatic rings. The van der Waals surface area contributed by atoms with Crippen LogP contribution in [0.4, 0.5) is 0 Å². The number of rotatable bonds is 2. The SMILES string of the molecule is CC(C)(C)OC(=O)[C@H]1C[C@@H]1C=O. The van der Waals surface area contributed by atoms with E-state index in [-0.39, 0.29) is 17.8 Å². The van der Waals surface area contributed by atoms with Gasteiger partial charge in [0.1, 0.15) is 11.9 Å². The van der Waals surface area contributed by atoms with Gasteiger partial charge in [0, 0.05) is 5.92 Å². The average Bonchev–Trinajstić information content (AvgIpc) is 2.60. The van der Waals surface area contributed by atoms with Crippen LogP contribution in [0, 0.1) is 11.8 Å². The fraction of sp³-hybridized carbons (Fsp3) is 0.778. The monoisotopic (exact) mass is 170 g/mol. The van der Waals surface area contributed by atoms with E-state index in [2.05, 4.69) is 0 Å². The zero-order valence-electron chi connectivity index (χ0n) is 7.66. The molecule has 0 unspecified atom stereocenters. The number of carbonyl (C=O) groups excluding carboxylic acids is 2. The lowest BCUT2D eigenvalue weighted by Crippen LogP contribution is -2.25. The van der Waals surface area contributed by atoms with Gasteiger partial charge < -0.3 is 9.53 Å². The molecule has 0 aromatic carbocycles. The fourth-order valence-corrected chi connectivity index (χ4v) is 1.01. The topological polar surface area (TPSA) is 43.4 Å². The molecule has 0 bridgehead atoms. The Hall–Kier alpha value is -0.860. The average molecular weight is 170 g/mol. The van der Waals surface area contributed by atoms with Crippen LogP contribution in [-0.2, 0) is 14.3 Å². The van der Waals surface area contributed by atoms with Crippen LogP contribution >= 0.6 is 0 Å². The van der Waals surface area contributed by atoms with Gasteiger partial charge in [-0.2, -0.15) is 0 Å². The van der Waals surface area contributed by atoms with Gasteiger partial charge in [-0.3, -0.25) is 4.79 Å². The highest BCUT2D eigenvalue weighted by atomic mass is 16.6. The molecular weight excluding hydrogens is 156 g/mol. The number of hydrogen-bond donors (Lipinski definition) is 0. The largest absolute Gasteiger partial charge is 0.460 e. The van der Waals surface area contributed by atoms with E-state index < -0.39 is 5.60 Å². The molecule has 0 aliphatic heterocycles. The van der Waals surface area contributed by atoms with Crippen LogP contribution in [0.5, 0.6) is 0 Å². The van der Waals surface area contributed by atoms with Gasteiger partial charge in [-0.25, -0.2) is 0 Å². The van der Waals surface area contributed by atoms with Gasteiger partial charge in [-0.05, 0) is 27.2 Å². The molecule has 1 rings (SSSR count). The van der Waals surface area contributed by atoms with E-state index in [1.54, 1.807) is 0 Å². The van der Waals surface area contributed by atoms with Gasteiger partial charge in [0.05, 0.1) is 5.92 Å². The standard InChI is InChI=1S/C9H14O3/c1-9(2,3)12-8(11)7-4-6(7)5-10/h5-7H,4H2,1-3H3/t6-,7+/m1/s1. The van der Waals surface area contributed by atoms with E-state index in [9.17, 15) is 9.59 Å². The number of esters is 1. The summed E-state index contributed by atoms with van der Waals surface area (Å²) in [7, 11) is 0. The van der Waals surface area contributed by atoms with Crippen LogP contribution in [0.2, 0.25) is 0 Å². The maximum atomic E-state index is 11.2. The number of hydrogen-bond acceptors (Lipinski definition) is 3. The van der Waals surface area contributed by atoms with Crippen molar-refractivity contribution in [1.29, 1.82) is 0 Å². The minimum atomic E-state index is -0.437. The van der Waals surface area contributed by atoms with Crippen LogP contribution in [0.15, 0.2) is 0 Å². The lowest BCUT2D eigenvalue weighted by molar-refractivity contribution is -0.157. The summed E-state index contributed by atoms with van der Waals surface area (Å²) in [6.45, 7) is 5.47. The van der Waals surface area contributed by atoms with Gasteiger partial charge in [-0.1, -0.05) is 0 Å². The van der Waals surface area contributed by atoms with E-state index in [0.717, 1.165) is 6.29 Å². The quantitative estimate of drug-likeness (QED) is 0.461. The minimum absolute atomic E-state index is 0.0835. The first-order chi connectivity index (χ1) is 5.44. The molecule has 0 radical (unpaired) electrons. The molecule has 3 heteroatoms. The molecule has 2 atom stereocenters. The maximum absolute atomic E-state index is 11.2. The Kier molecular flexibility index (Phi) is 2.22. The Bertz CT molecular complexity index is 202. The van der Waals surface area contributed by atoms with Crippen molar-refractivity contribution in [2.45, 2.75) is 32.8 Å². The molecule has 0 aromatic heterocycles. The predicted molar refractivity (Wildman–Crippen MR) is 43.5 cm³/mol. The molecule has 0 spiro atoms. The van der Waals surface area contributed by atoms with Crippen molar-refractivity contribution in [3.8, 4) is 0 Å². The zero-order chi connectivity index (χ0) is 9.35. The maximum Gasteiger partial charge on any atom is 0.310 e. The molecule has 0 aromatic rings. The Balaban J connectivity index is 2.36. The van der Waals surface area contributed by atoms with E-state index in [0.29, 0.717) is 6.42 Å². The third-order valence-corrected chi connectivity index (χ3v) is 1.72. The van der Waals surface area contributed by atoms with Crippen LogP contribution < -0.4 is 0 Å². The van der Waals surface area contributed by atoms with Crippen molar-refractivity contribution in [1.82, 2.24) is 0 Å². The van der Waals surface area contributed by atoms with E-state index in [1.807, 2.05) is 20.8 Å². The first-order valence-corrected chi connectivity index (χ1v) is 4.12. The van der Waals surface area contributed by atoms with Crippen molar-refractivity contribution >= 4 is 12.3 Å². The normalized spacial score (nSPS) is 27.9. The summed E-state index contributed by atoms with van der Waals surface area (Å²) >= 11 is 0. The van der Waals surface area contributed by atoms with Crippen molar-refractivity contribution in [2.24, 2.45) is 11.8 Å². The molecule has 0 heterocycles. The second-order valence-electron chi connectivity index (χ2n) is 4.18. The summed E-state index contributed by atoms with van der Waals surface area (Å²) in [4.78, 5) is 21.4. The lowest BCUT2D eigenvalue weighted by atomic mass is 10.2. The van der Waals surface area contributed by atoms with Crippen LogP contribution in [-0.4, -0.2) is 17.9 Å². The first-order valence-electron chi connectivity index (χ1n) is 4.12. The summed E-state index contributed by atoms with van der Waals surface area (Å²) < 4.78 is 5.10. The first kappa shape index (κ1) is 9.23. The highest BCUT2D eigenvalue weighted by Gasteiger charge is 2.45. The van der Waals surface area contributed by atoms with Gasteiger partial charge >= 0.3 is 5.97 Å². The van der Waals surface area contributed by atoms with E-state index in [4.69, 9.17) is 4.74 Å². The Morgan fingerprint density at radius 2 is 2.08 bits per heavy atom. The third kappa shape index (κ3) is 2.32. The van der Waals surface area contributed by atoms with Crippen LogP contribution in [0.25, 0.3) is 0 Å². The second-order valence-corrected chi connectivity index (χ2v) is 4.18.